The number of pyridine rings is 1. The van der Waals surface area contributed by atoms with Crippen molar-refractivity contribution >= 4 is 26.7 Å². The molecule has 100 valence electrons. The van der Waals surface area contributed by atoms with Crippen LogP contribution in [0.15, 0.2) is 36.5 Å². The minimum atomic E-state index is -3.74. The zero-order chi connectivity index (χ0) is 14.0. The maximum atomic E-state index is 12.0. The topological polar surface area (TPSA) is 84.3 Å². The highest BCUT2D eigenvalue weighted by molar-refractivity contribution is 7.92. The van der Waals surface area contributed by atoms with Crippen molar-refractivity contribution < 1.29 is 18.3 Å². The van der Waals surface area contributed by atoms with E-state index in [0.717, 1.165) is 5.39 Å². The molecule has 1 atom stereocenters. The fourth-order valence-electron chi connectivity index (χ4n) is 1.78. The number of para-hydroxylation sites is 1. The standard InChI is InChI=1S/C13H13NO4S/c1-9(13(15)16)19(17,18)8-11-5-2-4-10-6-3-7-14-12(10)11/h2-7,9H,8H2,1H3,(H,15,16). The summed E-state index contributed by atoms with van der Waals surface area (Å²) in [7, 11) is -3.74. The van der Waals surface area contributed by atoms with Crippen LogP contribution in [0, 0.1) is 0 Å². The van der Waals surface area contributed by atoms with Crippen LogP contribution in [0.3, 0.4) is 0 Å². The zero-order valence-corrected chi connectivity index (χ0v) is 11.1. The van der Waals surface area contributed by atoms with Crippen molar-refractivity contribution in [2.24, 2.45) is 0 Å². The van der Waals surface area contributed by atoms with Crippen LogP contribution in [0.25, 0.3) is 10.9 Å². The molecule has 0 saturated carbocycles. The van der Waals surface area contributed by atoms with Crippen LogP contribution in [0.4, 0.5) is 0 Å². The molecular weight excluding hydrogens is 266 g/mol. The Kier molecular flexibility index (Phi) is 3.53. The third-order valence-electron chi connectivity index (χ3n) is 2.96. The van der Waals surface area contributed by atoms with Gasteiger partial charge >= 0.3 is 5.97 Å². The third kappa shape index (κ3) is 2.73. The summed E-state index contributed by atoms with van der Waals surface area (Å²) in [6, 6.07) is 8.82. The number of rotatable bonds is 4. The zero-order valence-electron chi connectivity index (χ0n) is 10.3. The number of hydrogen-bond acceptors (Lipinski definition) is 4. The van der Waals surface area contributed by atoms with Crippen molar-refractivity contribution in [2.75, 3.05) is 0 Å². The van der Waals surface area contributed by atoms with Gasteiger partial charge in [-0.2, -0.15) is 0 Å². The van der Waals surface area contributed by atoms with E-state index in [1.165, 1.54) is 6.92 Å². The van der Waals surface area contributed by atoms with E-state index in [0.29, 0.717) is 11.1 Å². The van der Waals surface area contributed by atoms with Gasteiger partial charge in [0.2, 0.25) is 0 Å². The summed E-state index contributed by atoms with van der Waals surface area (Å²) in [4.78, 5) is 15.0. The SMILES string of the molecule is CC(C(=O)O)S(=O)(=O)Cc1cccc2cccnc12. The smallest absolute Gasteiger partial charge is 0.321 e. The number of benzene rings is 1. The molecule has 1 aromatic heterocycles. The van der Waals surface area contributed by atoms with E-state index >= 15 is 0 Å². The minimum absolute atomic E-state index is 0.325. The molecule has 1 aromatic carbocycles. The van der Waals surface area contributed by atoms with Gasteiger partial charge in [0.25, 0.3) is 0 Å². The molecule has 1 unspecified atom stereocenters. The Balaban J connectivity index is 2.45. The van der Waals surface area contributed by atoms with Gasteiger partial charge in [-0.15, -0.1) is 0 Å². The van der Waals surface area contributed by atoms with E-state index in [1.807, 2.05) is 12.1 Å². The lowest BCUT2D eigenvalue weighted by Crippen LogP contribution is -2.28. The normalized spacial score (nSPS) is 13.3. The maximum absolute atomic E-state index is 12.0. The number of carboxylic acid groups (broad SMARTS) is 1. The molecule has 2 rings (SSSR count). The summed E-state index contributed by atoms with van der Waals surface area (Å²) in [6.45, 7) is 1.18. The number of aromatic nitrogens is 1. The fourth-order valence-corrected chi connectivity index (χ4v) is 3.00. The molecule has 1 N–H and O–H groups in total. The van der Waals surface area contributed by atoms with Gasteiger partial charge in [0.1, 0.15) is 0 Å². The van der Waals surface area contributed by atoms with E-state index in [-0.39, 0.29) is 5.75 Å². The van der Waals surface area contributed by atoms with Crippen molar-refractivity contribution in [3.05, 3.63) is 42.1 Å². The number of aliphatic carboxylic acids is 1. The summed E-state index contributed by atoms with van der Waals surface area (Å²) >= 11 is 0. The van der Waals surface area contributed by atoms with Gasteiger partial charge in [0, 0.05) is 11.6 Å². The number of hydrogen-bond donors (Lipinski definition) is 1. The predicted octanol–water partition coefficient (Wildman–Crippen LogP) is 1.62. The van der Waals surface area contributed by atoms with Crippen molar-refractivity contribution in [2.45, 2.75) is 17.9 Å². The van der Waals surface area contributed by atoms with E-state index < -0.39 is 21.1 Å². The molecule has 2 aromatic rings. The minimum Gasteiger partial charge on any atom is -0.480 e. The first-order valence-corrected chi connectivity index (χ1v) is 7.40. The Hall–Kier alpha value is -1.95. The van der Waals surface area contributed by atoms with E-state index in [9.17, 15) is 13.2 Å². The van der Waals surface area contributed by atoms with Gasteiger partial charge in [-0.1, -0.05) is 24.3 Å². The summed E-state index contributed by atoms with van der Waals surface area (Å²) < 4.78 is 24.0. The van der Waals surface area contributed by atoms with Gasteiger partial charge in [0.15, 0.2) is 15.1 Å². The van der Waals surface area contributed by atoms with Crippen LogP contribution in [0.1, 0.15) is 12.5 Å². The Bertz CT molecular complexity index is 719. The number of nitrogens with zero attached hydrogens (tertiary/aromatic N) is 1. The van der Waals surface area contributed by atoms with E-state index in [4.69, 9.17) is 5.11 Å². The maximum Gasteiger partial charge on any atom is 0.321 e. The Morgan fingerprint density at radius 1 is 1.32 bits per heavy atom. The van der Waals surface area contributed by atoms with Crippen molar-refractivity contribution in [1.82, 2.24) is 4.98 Å². The predicted molar refractivity (Wildman–Crippen MR) is 71.5 cm³/mol. The molecule has 0 aliphatic carbocycles. The summed E-state index contributed by atoms with van der Waals surface area (Å²) in [5.41, 5.74) is 1.11. The highest BCUT2D eigenvalue weighted by Crippen LogP contribution is 2.20. The van der Waals surface area contributed by atoms with Gasteiger partial charge in [-0.3, -0.25) is 9.78 Å². The molecule has 0 aliphatic rings. The molecule has 6 heteroatoms. The molecule has 0 fully saturated rings. The molecular formula is C13H13NO4S. The van der Waals surface area contributed by atoms with E-state index in [1.54, 1.807) is 24.4 Å². The molecule has 0 aliphatic heterocycles. The van der Waals surface area contributed by atoms with Crippen LogP contribution in [-0.4, -0.2) is 29.7 Å². The first-order chi connectivity index (χ1) is 8.92. The molecule has 0 spiro atoms. The molecule has 19 heavy (non-hydrogen) atoms. The molecule has 0 saturated heterocycles. The van der Waals surface area contributed by atoms with Crippen LogP contribution in [0.2, 0.25) is 0 Å². The van der Waals surface area contributed by atoms with Crippen LogP contribution in [0.5, 0.6) is 0 Å². The largest absolute Gasteiger partial charge is 0.480 e. The monoisotopic (exact) mass is 279 g/mol. The first-order valence-electron chi connectivity index (χ1n) is 5.69. The molecule has 0 amide bonds. The summed E-state index contributed by atoms with van der Waals surface area (Å²) in [6.07, 6.45) is 1.58. The van der Waals surface area contributed by atoms with Crippen LogP contribution >= 0.6 is 0 Å². The Morgan fingerprint density at radius 2 is 2.00 bits per heavy atom. The van der Waals surface area contributed by atoms with Crippen molar-refractivity contribution in [3.63, 3.8) is 0 Å². The lowest BCUT2D eigenvalue weighted by Gasteiger charge is -2.10. The third-order valence-corrected chi connectivity index (χ3v) is 4.95. The highest BCUT2D eigenvalue weighted by Gasteiger charge is 2.28. The number of sulfone groups is 1. The Morgan fingerprint density at radius 3 is 2.68 bits per heavy atom. The van der Waals surface area contributed by atoms with Gasteiger partial charge in [-0.25, -0.2) is 8.42 Å². The number of fused-ring (bicyclic) bond motifs is 1. The average molecular weight is 279 g/mol. The molecule has 0 bridgehead atoms. The second-order valence-electron chi connectivity index (χ2n) is 4.28. The van der Waals surface area contributed by atoms with Gasteiger partial charge in [0.05, 0.1) is 11.3 Å². The second-order valence-corrected chi connectivity index (χ2v) is 6.60. The average Bonchev–Trinajstić information content (AvgIpc) is 2.38. The van der Waals surface area contributed by atoms with Gasteiger partial charge < -0.3 is 5.11 Å². The van der Waals surface area contributed by atoms with E-state index in [2.05, 4.69) is 4.98 Å². The summed E-state index contributed by atoms with van der Waals surface area (Å²) in [5.74, 6) is -1.66. The fraction of sp³-hybridized carbons (Fsp3) is 0.231. The number of carbonyl (C=O) groups is 1. The quantitative estimate of drug-likeness (QED) is 0.919. The van der Waals surface area contributed by atoms with Crippen LogP contribution in [-0.2, 0) is 20.4 Å². The lowest BCUT2D eigenvalue weighted by molar-refractivity contribution is -0.136. The second kappa shape index (κ2) is 4.97. The van der Waals surface area contributed by atoms with Crippen LogP contribution < -0.4 is 0 Å². The van der Waals surface area contributed by atoms with Gasteiger partial charge in [-0.05, 0) is 18.6 Å². The Labute approximate surface area is 110 Å². The van der Waals surface area contributed by atoms with Crippen molar-refractivity contribution in [3.8, 4) is 0 Å². The molecule has 1 heterocycles. The highest BCUT2D eigenvalue weighted by atomic mass is 32.2. The molecule has 0 radical (unpaired) electrons. The van der Waals surface area contributed by atoms with Crippen molar-refractivity contribution in [1.29, 1.82) is 0 Å². The first kappa shape index (κ1) is 13.5. The lowest BCUT2D eigenvalue weighted by atomic mass is 10.1. The molecule has 5 nitrogen and oxygen atoms in total. The number of carboxylic acids is 1. The summed E-state index contributed by atoms with van der Waals surface area (Å²) in [5, 5.41) is 8.22.